The van der Waals surface area contributed by atoms with E-state index >= 15 is 0 Å². The van der Waals surface area contributed by atoms with Gasteiger partial charge in [0.2, 0.25) is 0 Å². The summed E-state index contributed by atoms with van der Waals surface area (Å²) in [7, 11) is 0. The second-order valence-corrected chi connectivity index (χ2v) is 2.72. The number of benzene rings is 1. The zero-order chi connectivity index (χ0) is 11.8. The van der Waals surface area contributed by atoms with Crippen LogP contribution in [0.1, 0.15) is 17.3 Å². The molecule has 0 heterocycles. The van der Waals surface area contributed by atoms with E-state index in [0.29, 0.717) is 5.75 Å². The second-order valence-electron chi connectivity index (χ2n) is 2.40. The number of hydrogen-bond donors (Lipinski definition) is 2. The summed E-state index contributed by atoms with van der Waals surface area (Å²) in [5.41, 5.74) is 0.143. The fraction of sp³-hybridized carbons (Fsp3) is 0.111. The summed E-state index contributed by atoms with van der Waals surface area (Å²) in [6, 6.07) is 6.37. The van der Waals surface area contributed by atoms with Gasteiger partial charge in [-0.1, -0.05) is 12.1 Å². The van der Waals surface area contributed by atoms with Crippen LogP contribution in [0.2, 0.25) is 0 Å². The molecule has 1 rings (SSSR count). The average molecular weight is 277 g/mol. The standard InChI is InChI=1S/C7H5BrO3.C2H4O2/c8-11-6-4-2-1-3-5(6)7(9)10;1-2(3)4/h1-4H,(H,9,10);1H3,(H,3,4). The lowest BCUT2D eigenvalue weighted by Gasteiger charge is -1.99. The van der Waals surface area contributed by atoms with Crippen LogP contribution in [-0.2, 0) is 4.79 Å². The van der Waals surface area contributed by atoms with Gasteiger partial charge in [0, 0.05) is 6.92 Å². The van der Waals surface area contributed by atoms with E-state index in [9.17, 15) is 4.79 Å². The van der Waals surface area contributed by atoms with Gasteiger partial charge < -0.3 is 14.0 Å². The van der Waals surface area contributed by atoms with Crippen molar-refractivity contribution < 1.29 is 23.6 Å². The topological polar surface area (TPSA) is 83.8 Å². The highest BCUT2D eigenvalue weighted by Gasteiger charge is 2.08. The van der Waals surface area contributed by atoms with Crippen LogP contribution in [0.3, 0.4) is 0 Å². The van der Waals surface area contributed by atoms with Crippen LogP contribution in [0.5, 0.6) is 5.75 Å². The van der Waals surface area contributed by atoms with Gasteiger partial charge in [-0.2, -0.15) is 0 Å². The Labute approximate surface area is 94.7 Å². The number of aliphatic carboxylic acids is 1. The summed E-state index contributed by atoms with van der Waals surface area (Å²) in [4.78, 5) is 19.5. The quantitative estimate of drug-likeness (QED) is 0.865. The molecule has 2 N–H and O–H groups in total. The molecule has 0 spiro atoms. The summed E-state index contributed by atoms with van der Waals surface area (Å²) < 4.78 is 4.64. The van der Waals surface area contributed by atoms with Crippen molar-refractivity contribution in [1.82, 2.24) is 0 Å². The lowest BCUT2D eigenvalue weighted by atomic mass is 10.2. The summed E-state index contributed by atoms with van der Waals surface area (Å²) in [5, 5.41) is 16.0. The summed E-state index contributed by atoms with van der Waals surface area (Å²) in [6.45, 7) is 1.08. The average Bonchev–Trinajstić information content (AvgIpc) is 2.16. The van der Waals surface area contributed by atoms with Crippen LogP contribution in [-0.4, -0.2) is 22.2 Å². The van der Waals surface area contributed by atoms with Crippen molar-refractivity contribution in [3.05, 3.63) is 29.8 Å². The van der Waals surface area contributed by atoms with Crippen molar-refractivity contribution in [3.63, 3.8) is 0 Å². The molecule has 0 fully saturated rings. The predicted octanol–water partition coefficient (Wildman–Crippen LogP) is 2.16. The number of para-hydroxylation sites is 1. The molecule has 5 nitrogen and oxygen atoms in total. The van der Waals surface area contributed by atoms with Crippen LogP contribution in [0.25, 0.3) is 0 Å². The fourth-order valence-electron chi connectivity index (χ4n) is 0.711. The first-order valence-corrected chi connectivity index (χ1v) is 4.44. The first-order valence-electron chi connectivity index (χ1n) is 3.79. The monoisotopic (exact) mass is 276 g/mol. The molecule has 0 radical (unpaired) electrons. The number of aromatic carboxylic acids is 1. The highest BCUT2D eigenvalue weighted by Crippen LogP contribution is 2.19. The fourth-order valence-corrected chi connectivity index (χ4v) is 0.993. The van der Waals surface area contributed by atoms with Gasteiger partial charge in [0.1, 0.15) is 5.56 Å². The molecular weight excluding hydrogens is 268 g/mol. The molecule has 1 aromatic rings. The normalized spacial score (nSPS) is 8.40. The minimum atomic E-state index is -1.000. The third kappa shape index (κ3) is 5.69. The SMILES string of the molecule is CC(=O)O.O=C(O)c1ccccc1OBr. The molecular formula is C9H9BrO5. The minimum Gasteiger partial charge on any atom is -0.481 e. The molecule has 0 bridgehead atoms. The molecule has 0 aliphatic rings. The largest absolute Gasteiger partial charge is 0.481 e. The van der Waals surface area contributed by atoms with Crippen molar-refractivity contribution in [3.8, 4) is 5.75 Å². The molecule has 0 aliphatic heterocycles. The minimum absolute atomic E-state index is 0.143. The Morgan fingerprint density at radius 1 is 1.27 bits per heavy atom. The van der Waals surface area contributed by atoms with Crippen LogP contribution >= 0.6 is 16.3 Å². The molecule has 6 heteroatoms. The molecule has 0 aromatic heterocycles. The van der Waals surface area contributed by atoms with Gasteiger partial charge >= 0.3 is 5.97 Å². The molecule has 15 heavy (non-hydrogen) atoms. The zero-order valence-electron chi connectivity index (χ0n) is 7.81. The molecule has 0 atom stereocenters. The van der Waals surface area contributed by atoms with Crippen molar-refractivity contribution in [2.75, 3.05) is 0 Å². The van der Waals surface area contributed by atoms with E-state index in [1.165, 1.54) is 6.07 Å². The first-order chi connectivity index (χ1) is 6.99. The van der Waals surface area contributed by atoms with Crippen molar-refractivity contribution in [2.45, 2.75) is 6.92 Å². The second kappa shape index (κ2) is 6.83. The van der Waals surface area contributed by atoms with E-state index in [0.717, 1.165) is 6.92 Å². The van der Waals surface area contributed by atoms with E-state index < -0.39 is 11.9 Å². The zero-order valence-corrected chi connectivity index (χ0v) is 9.39. The van der Waals surface area contributed by atoms with Crippen LogP contribution in [0, 0.1) is 0 Å². The summed E-state index contributed by atoms with van der Waals surface area (Å²) in [5.74, 6) is -1.53. The van der Waals surface area contributed by atoms with Crippen molar-refractivity contribution >= 4 is 28.2 Å². The third-order valence-corrected chi connectivity index (χ3v) is 1.55. The number of halogens is 1. The number of carboxylic acid groups (broad SMARTS) is 2. The molecule has 0 aliphatic carbocycles. The Morgan fingerprint density at radius 3 is 2.07 bits per heavy atom. The van der Waals surface area contributed by atoms with Crippen LogP contribution < -0.4 is 3.83 Å². The Morgan fingerprint density at radius 2 is 1.73 bits per heavy atom. The van der Waals surface area contributed by atoms with Gasteiger partial charge in [-0.15, -0.1) is 0 Å². The predicted molar refractivity (Wildman–Crippen MR) is 56.3 cm³/mol. The highest BCUT2D eigenvalue weighted by atomic mass is 79.9. The first kappa shape index (κ1) is 13.4. The van der Waals surface area contributed by atoms with Gasteiger partial charge in [-0.05, 0) is 12.1 Å². The van der Waals surface area contributed by atoms with Gasteiger partial charge in [-0.25, -0.2) is 4.79 Å². The Bertz CT molecular complexity index is 346. The van der Waals surface area contributed by atoms with E-state index in [4.69, 9.17) is 15.0 Å². The van der Waals surface area contributed by atoms with Gasteiger partial charge in [-0.3, -0.25) is 4.79 Å². The number of carboxylic acids is 2. The molecule has 0 unspecified atom stereocenters. The van der Waals surface area contributed by atoms with Gasteiger partial charge in [0.15, 0.2) is 22.0 Å². The van der Waals surface area contributed by atoms with Crippen molar-refractivity contribution in [1.29, 1.82) is 0 Å². The molecule has 0 amide bonds. The lowest BCUT2D eigenvalue weighted by molar-refractivity contribution is -0.134. The molecule has 82 valence electrons. The maximum absolute atomic E-state index is 10.5. The van der Waals surface area contributed by atoms with Crippen LogP contribution in [0.15, 0.2) is 24.3 Å². The third-order valence-electron chi connectivity index (χ3n) is 1.20. The van der Waals surface area contributed by atoms with Crippen molar-refractivity contribution in [2.24, 2.45) is 0 Å². The molecule has 1 aromatic carbocycles. The van der Waals surface area contributed by atoms with Crippen LogP contribution in [0.4, 0.5) is 0 Å². The van der Waals surface area contributed by atoms with Gasteiger partial charge in [0.05, 0.1) is 0 Å². The van der Waals surface area contributed by atoms with E-state index in [-0.39, 0.29) is 5.56 Å². The lowest BCUT2D eigenvalue weighted by Crippen LogP contribution is -1.97. The maximum Gasteiger partial charge on any atom is 0.339 e. The van der Waals surface area contributed by atoms with E-state index in [1.54, 1.807) is 18.2 Å². The van der Waals surface area contributed by atoms with E-state index in [1.807, 2.05) is 0 Å². The number of carbonyl (C=O) groups is 2. The smallest absolute Gasteiger partial charge is 0.339 e. The Hall–Kier alpha value is -1.56. The molecule has 0 saturated heterocycles. The Kier molecular flexibility index (Phi) is 6.12. The molecule has 0 saturated carbocycles. The Balaban J connectivity index is 0.000000423. The number of rotatable bonds is 2. The van der Waals surface area contributed by atoms with E-state index in [2.05, 4.69) is 20.1 Å². The highest BCUT2D eigenvalue weighted by molar-refractivity contribution is 9.06. The summed E-state index contributed by atoms with van der Waals surface area (Å²) in [6.07, 6.45) is 0. The van der Waals surface area contributed by atoms with Gasteiger partial charge in [0.25, 0.3) is 5.97 Å². The number of hydrogen-bond acceptors (Lipinski definition) is 3. The maximum atomic E-state index is 10.5. The summed E-state index contributed by atoms with van der Waals surface area (Å²) >= 11 is 2.71.